The first-order valence-corrected chi connectivity index (χ1v) is 9.70. The molecule has 140 valence electrons. The number of anilines is 1. The number of pyridine rings is 1. The number of rotatable bonds is 3. The normalized spacial score (nSPS) is 15.2. The van der Waals surface area contributed by atoms with Gasteiger partial charge in [-0.1, -0.05) is 30.3 Å². The largest absolute Gasteiger partial charge is 0.354 e. The molecule has 1 saturated heterocycles. The molecule has 4 heterocycles. The molecule has 0 amide bonds. The quantitative estimate of drug-likeness (QED) is 0.550. The molecule has 0 bridgehead atoms. The molecule has 5 rings (SSSR count). The molecule has 0 aliphatic carbocycles. The SMILES string of the molecule is CN1CCN(c2ccc(-c3cn4c(-c5ccccc5)ccc4cn3)cn2)CC1. The lowest BCUT2D eigenvalue weighted by molar-refractivity contribution is 0.312. The fourth-order valence-electron chi connectivity index (χ4n) is 3.76. The standard InChI is InChI=1S/C23H23N5/c1-26-11-13-27(14-12-26)23-10-7-19(15-25-23)21-17-28-20(16-24-21)8-9-22(28)18-5-3-2-4-6-18/h2-10,15-17H,11-14H2,1H3. The molecule has 1 aliphatic rings. The Morgan fingerprint density at radius 3 is 2.32 bits per heavy atom. The molecule has 1 aromatic carbocycles. The van der Waals surface area contributed by atoms with Crippen LogP contribution in [0.5, 0.6) is 0 Å². The smallest absolute Gasteiger partial charge is 0.128 e. The molecule has 0 unspecified atom stereocenters. The van der Waals surface area contributed by atoms with Crippen molar-refractivity contribution in [2.24, 2.45) is 0 Å². The zero-order valence-corrected chi connectivity index (χ0v) is 16.0. The van der Waals surface area contributed by atoms with Crippen molar-refractivity contribution in [3.8, 4) is 22.5 Å². The van der Waals surface area contributed by atoms with E-state index >= 15 is 0 Å². The van der Waals surface area contributed by atoms with Gasteiger partial charge >= 0.3 is 0 Å². The summed E-state index contributed by atoms with van der Waals surface area (Å²) in [5, 5.41) is 0. The summed E-state index contributed by atoms with van der Waals surface area (Å²) in [6.45, 7) is 4.21. The summed E-state index contributed by atoms with van der Waals surface area (Å²) in [7, 11) is 2.17. The van der Waals surface area contributed by atoms with E-state index < -0.39 is 0 Å². The monoisotopic (exact) mass is 369 g/mol. The highest BCUT2D eigenvalue weighted by atomic mass is 15.3. The number of hydrogen-bond donors (Lipinski definition) is 0. The highest BCUT2D eigenvalue weighted by Gasteiger charge is 2.15. The first-order chi connectivity index (χ1) is 13.8. The van der Waals surface area contributed by atoms with Gasteiger partial charge in [-0.05, 0) is 36.9 Å². The predicted octanol–water partition coefficient (Wildman–Crippen LogP) is 3.82. The summed E-state index contributed by atoms with van der Waals surface area (Å²) in [4.78, 5) is 14.1. The highest BCUT2D eigenvalue weighted by Crippen LogP contribution is 2.25. The first kappa shape index (κ1) is 17.0. The van der Waals surface area contributed by atoms with Crippen molar-refractivity contribution in [1.82, 2.24) is 19.3 Å². The van der Waals surface area contributed by atoms with Gasteiger partial charge in [0.1, 0.15) is 5.82 Å². The van der Waals surface area contributed by atoms with E-state index in [1.807, 2.05) is 18.5 Å². The van der Waals surface area contributed by atoms with Crippen LogP contribution in [0.3, 0.4) is 0 Å². The third kappa shape index (κ3) is 3.14. The average Bonchev–Trinajstić information content (AvgIpc) is 3.18. The minimum absolute atomic E-state index is 0.929. The maximum atomic E-state index is 4.71. The Bertz CT molecular complexity index is 1080. The molecule has 0 N–H and O–H groups in total. The topological polar surface area (TPSA) is 36.7 Å². The van der Waals surface area contributed by atoms with Crippen LogP contribution in [0.25, 0.3) is 28.0 Å². The highest BCUT2D eigenvalue weighted by molar-refractivity contribution is 5.69. The zero-order valence-electron chi connectivity index (χ0n) is 16.0. The van der Waals surface area contributed by atoms with Crippen LogP contribution >= 0.6 is 0 Å². The molecule has 1 aliphatic heterocycles. The maximum Gasteiger partial charge on any atom is 0.128 e. The van der Waals surface area contributed by atoms with Crippen LogP contribution < -0.4 is 4.90 Å². The van der Waals surface area contributed by atoms with Gasteiger partial charge < -0.3 is 14.2 Å². The van der Waals surface area contributed by atoms with Crippen molar-refractivity contribution in [3.63, 3.8) is 0 Å². The second-order valence-electron chi connectivity index (χ2n) is 7.35. The zero-order chi connectivity index (χ0) is 18.9. The Labute approximate surface area is 164 Å². The Kier molecular flexibility index (Phi) is 4.29. The van der Waals surface area contributed by atoms with Gasteiger partial charge in [0.2, 0.25) is 0 Å². The summed E-state index contributed by atoms with van der Waals surface area (Å²) in [6, 6.07) is 18.9. The molecular weight excluding hydrogens is 346 g/mol. The molecule has 0 radical (unpaired) electrons. The van der Waals surface area contributed by atoms with Gasteiger partial charge in [-0.3, -0.25) is 4.98 Å². The van der Waals surface area contributed by atoms with Crippen LogP contribution in [-0.2, 0) is 0 Å². The Balaban J connectivity index is 1.46. The third-order valence-electron chi connectivity index (χ3n) is 5.48. The summed E-state index contributed by atoms with van der Waals surface area (Å²) < 4.78 is 2.20. The molecular formula is C23H23N5. The van der Waals surface area contributed by atoms with Crippen LogP contribution in [0.2, 0.25) is 0 Å². The van der Waals surface area contributed by atoms with Crippen molar-refractivity contribution in [2.45, 2.75) is 0 Å². The van der Waals surface area contributed by atoms with E-state index in [-0.39, 0.29) is 0 Å². The maximum absolute atomic E-state index is 4.71. The van der Waals surface area contributed by atoms with Crippen LogP contribution in [0.15, 0.2) is 73.2 Å². The Morgan fingerprint density at radius 2 is 1.57 bits per heavy atom. The summed E-state index contributed by atoms with van der Waals surface area (Å²) in [5.74, 6) is 1.05. The number of likely N-dealkylation sites (N-methyl/N-ethyl adjacent to an activating group) is 1. The number of aromatic nitrogens is 3. The van der Waals surface area contributed by atoms with Gasteiger partial charge in [0.05, 0.1) is 23.1 Å². The summed E-state index contributed by atoms with van der Waals surface area (Å²) in [6.07, 6.45) is 5.97. The molecule has 0 atom stereocenters. The van der Waals surface area contributed by atoms with Crippen molar-refractivity contribution in [1.29, 1.82) is 0 Å². The predicted molar refractivity (Wildman–Crippen MR) is 114 cm³/mol. The van der Waals surface area contributed by atoms with Gasteiger partial charge in [-0.25, -0.2) is 4.98 Å². The molecule has 28 heavy (non-hydrogen) atoms. The molecule has 5 heteroatoms. The molecule has 3 aromatic heterocycles. The van der Waals surface area contributed by atoms with Crippen LogP contribution in [0.1, 0.15) is 0 Å². The average molecular weight is 369 g/mol. The minimum Gasteiger partial charge on any atom is -0.354 e. The summed E-state index contributed by atoms with van der Waals surface area (Å²) in [5.41, 5.74) is 5.42. The van der Waals surface area contributed by atoms with Crippen LogP contribution in [-0.4, -0.2) is 52.5 Å². The van der Waals surface area contributed by atoms with Gasteiger partial charge in [0.25, 0.3) is 0 Å². The van der Waals surface area contributed by atoms with E-state index in [0.29, 0.717) is 0 Å². The molecule has 0 spiro atoms. The van der Waals surface area contributed by atoms with E-state index in [0.717, 1.165) is 48.8 Å². The van der Waals surface area contributed by atoms with Gasteiger partial charge in [-0.15, -0.1) is 0 Å². The van der Waals surface area contributed by atoms with Gasteiger partial charge in [0, 0.05) is 44.1 Å². The van der Waals surface area contributed by atoms with E-state index in [1.54, 1.807) is 0 Å². The molecule has 0 saturated carbocycles. The Morgan fingerprint density at radius 1 is 0.750 bits per heavy atom. The van der Waals surface area contributed by atoms with Gasteiger partial charge in [-0.2, -0.15) is 0 Å². The lowest BCUT2D eigenvalue weighted by Gasteiger charge is -2.33. The van der Waals surface area contributed by atoms with Crippen molar-refractivity contribution < 1.29 is 0 Å². The number of piperazine rings is 1. The molecule has 4 aromatic rings. The second-order valence-corrected chi connectivity index (χ2v) is 7.35. The molecule has 1 fully saturated rings. The lowest BCUT2D eigenvalue weighted by atomic mass is 10.1. The summed E-state index contributed by atoms with van der Waals surface area (Å²) >= 11 is 0. The van der Waals surface area contributed by atoms with E-state index in [9.17, 15) is 0 Å². The Hall–Kier alpha value is -3.18. The van der Waals surface area contributed by atoms with E-state index in [1.165, 1.54) is 11.3 Å². The van der Waals surface area contributed by atoms with Gasteiger partial charge in [0.15, 0.2) is 0 Å². The number of hydrogen-bond acceptors (Lipinski definition) is 4. The van der Waals surface area contributed by atoms with E-state index in [4.69, 9.17) is 4.98 Å². The number of nitrogens with zero attached hydrogens (tertiary/aromatic N) is 5. The number of benzene rings is 1. The fraction of sp³-hybridized carbons (Fsp3) is 0.217. The van der Waals surface area contributed by atoms with Crippen LogP contribution in [0, 0.1) is 0 Å². The minimum atomic E-state index is 0.929. The number of fused-ring (bicyclic) bond motifs is 1. The van der Waals surface area contributed by atoms with E-state index in [2.05, 4.69) is 81.0 Å². The fourth-order valence-corrected chi connectivity index (χ4v) is 3.76. The lowest BCUT2D eigenvalue weighted by Crippen LogP contribution is -2.44. The molecule has 5 nitrogen and oxygen atoms in total. The van der Waals surface area contributed by atoms with Crippen molar-refractivity contribution in [3.05, 3.63) is 73.2 Å². The first-order valence-electron chi connectivity index (χ1n) is 9.70. The van der Waals surface area contributed by atoms with Crippen LogP contribution in [0.4, 0.5) is 5.82 Å². The van der Waals surface area contributed by atoms with Crippen molar-refractivity contribution >= 4 is 11.3 Å². The third-order valence-corrected chi connectivity index (χ3v) is 5.48. The second kappa shape index (κ2) is 7.09. The van der Waals surface area contributed by atoms with Crippen molar-refractivity contribution in [2.75, 3.05) is 38.1 Å².